The molecule has 0 aliphatic rings. The summed E-state index contributed by atoms with van der Waals surface area (Å²) < 4.78 is 5.72. The summed E-state index contributed by atoms with van der Waals surface area (Å²) >= 11 is 0. The van der Waals surface area contributed by atoms with Gasteiger partial charge in [0, 0.05) is 12.2 Å². The minimum Gasteiger partial charge on any atom is -0.377 e. The molecule has 3 nitrogen and oxygen atoms in total. The monoisotopic (exact) mass is 282 g/mol. The molecule has 0 spiro atoms. The van der Waals surface area contributed by atoms with E-state index in [2.05, 4.69) is 24.1 Å². The Kier molecular flexibility index (Phi) is 6.10. The minimum absolute atomic E-state index is 0.580. The third kappa shape index (κ3) is 5.48. The van der Waals surface area contributed by atoms with Crippen molar-refractivity contribution >= 4 is 11.4 Å². The van der Waals surface area contributed by atoms with E-state index in [0.717, 1.165) is 30.0 Å². The van der Waals surface area contributed by atoms with Crippen molar-refractivity contribution < 1.29 is 4.74 Å². The number of rotatable bonds is 7. The Balaban J connectivity index is 1.98. The number of ether oxygens (including phenoxy) is 1. The van der Waals surface area contributed by atoms with E-state index in [9.17, 15) is 0 Å². The van der Waals surface area contributed by atoms with Crippen molar-refractivity contribution in [2.24, 2.45) is 16.1 Å². The van der Waals surface area contributed by atoms with E-state index in [0.29, 0.717) is 12.5 Å². The van der Waals surface area contributed by atoms with Gasteiger partial charge in [-0.3, -0.25) is 0 Å². The van der Waals surface area contributed by atoms with E-state index in [1.807, 2.05) is 54.6 Å². The molecule has 2 rings (SSSR count). The molecular formula is C18H22N2O. The smallest absolute Gasteiger partial charge is 0.0912 e. The molecule has 2 aromatic carbocycles. The van der Waals surface area contributed by atoms with Gasteiger partial charge in [-0.1, -0.05) is 50.2 Å². The molecule has 2 aromatic rings. The molecule has 0 saturated heterocycles. The van der Waals surface area contributed by atoms with Gasteiger partial charge in [-0.2, -0.15) is 10.2 Å². The van der Waals surface area contributed by atoms with Gasteiger partial charge < -0.3 is 4.74 Å². The molecule has 0 atom stereocenters. The van der Waals surface area contributed by atoms with E-state index in [1.165, 1.54) is 0 Å². The quantitative estimate of drug-likeness (QED) is 0.476. The number of benzene rings is 2. The molecule has 3 heteroatoms. The van der Waals surface area contributed by atoms with Crippen LogP contribution in [0.5, 0.6) is 0 Å². The summed E-state index contributed by atoms with van der Waals surface area (Å²) in [7, 11) is 0. The van der Waals surface area contributed by atoms with Gasteiger partial charge in [-0.15, -0.1) is 0 Å². The molecule has 21 heavy (non-hydrogen) atoms. The summed E-state index contributed by atoms with van der Waals surface area (Å²) in [4.78, 5) is 0. The number of hydrogen-bond acceptors (Lipinski definition) is 3. The maximum atomic E-state index is 5.72. The largest absolute Gasteiger partial charge is 0.377 e. The Hall–Kier alpha value is -2.00. The van der Waals surface area contributed by atoms with Crippen LogP contribution in [0.25, 0.3) is 0 Å². The van der Waals surface area contributed by atoms with Crippen molar-refractivity contribution in [2.45, 2.75) is 26.9 Å². The lowest BCUT2D eigenvalue weighted by atomic mass is 10.1. The molecule has 0 bridgehead atoms. The molecular weight excluding hydrogens is 260 g/mol. The van der Waals surface area contributed by atoms with Gasteiger partial charge in [-0.05, 0) is 30.5 Å². The fourth-order valence-electron chi connectivity index (χ4n) is 1.84. The van der Waals surface area contributed by atoms with Crippen molar-refractivity contribution in [1.82, 2.24) is 0 Å². The first-order valence-corrected chi connectivity index (χ1v) is 7.38. The fraction of sp³-hybridized carbons (Fsp3) is 0.333. The highest BCUT2D eigenvalue weighted by Gasteiger charge is 2.01. The van der Waals surface area contributed by atoms with Crippen LogP contribution in [-0.4, -0.2) is 6.61 Å². The second-order valence-corrected chi connectivity index (χ2v) is 5.40. The van der Waals surface area contributed by atoms with Gasteiger partial charge >= 0.3 is 0 Å². The van der Waals surface area contributed by atoms with Gasteiger partial charge in [0.05, 0.1) is 18.0 Å². The maximum absolute atomic E-state index is 5.72. The zero-order valence-electron chi connectivity index (χ0n) is 12.7. The Morgan fingerprint density at radius 2 is 1.62 bits per heavy atom. The highest BCUT2D eigenvalue weighted by atomic mass is 16.5. The predicted molar refractivity (Wildman–Crippen MR) is 86.2 cm³/mol. The third-order valence-electron chi connectivity index (χ3n) is 3.12. The van der Waals surface area contributed by atoms with Crippen LogP contribution in [-0.2, 0) is 11.3 Å². The summed E-state index contributed by atoms with van der Waals surface area (Å²) in [6, 6.07) is 17.7. The first-order chi connectivity index (χ1) is 10.3. The second kappa shape index (κ2) is 8.32. The molecule has 110 valence electrons. The zero-order chi connectivity index (χ0) is 14.9. The molecule has 0 heterocycles. The summed E-state index contributed by atoms with van der Waals surface area (Å²) in [5.41, 5.74) is 2.79. The van der Waals surface area contributed by atoms with Crippen LogP contribution in [0.2, 0.25) is 0 Å². The molecule has 0 aliphatic carbocycles. The molecule has 0 amide bonds. The van der Waals surface area contributed by atoms with E-state index in [-0.39, 0.29) is 0 Å². The van der Waals surface area contributed by atoms with Gasteiger partial charge in [0.1, 0.15) is 0 Å². The molecule has 0 N–H and O–H groups in total. The van der Waals surface area contributed by atoms with Crippen LogP contribution in [0.3, 0.4) is 0 Å². The van der Waals surface area contributed by atoms with Gasteiger partial charge in [-0.25, -0.2) is 0 Å². The van der Waals surface area contributed by atoms with Gasteiger partial charge in [0.15, 0.2) is 0 Å². The van der Waals surface area contributed by atoms with Crippen molar-refractivity contribution in [1.29, 1.82) is 0 Å². The Labute approximate surface area is 126 Å². The summed E-state index contributed by atoms with van der Waals surface area (Å²) in [6.45, 7) is 5.76. The SMILES string of the molecule is CC(C)CCOCc1ccccc1N=Nc1ccccc1. The lowest BCUT2D eigenvalue weighted by Gasteiger charge is -2.08. The van der Waals surface area contributed by atoms with Crippen LogP contribution in [0.15, 0.2) is 64.8 Å². The zero-order valence-corrected chi connectivity index (χ0v) is 12.7. The van der Waals surface area contributed by atoms with Gasteiger partial charge in [0.25, 0.3) is 0 Å². The van der Waals surface area contributed by atoms with Gasteiger partial charge in [0.2, 0.25) is 0 Å². The Morgan fingerprint density at radius 3 is 2.38 bits per heavy atom. The normalized spacial score (nSPS) is 11.4. The number of hydrogen-bond donors (Lipinski definition) is 0. The molecule has 0 fully saturated rings. The highest BCUT2D eigenvalue weighted by molar-refractivity contribution is 5.46. The molecule has 0 saturated carbocycles. The van der Waals surface area contributed by atoms with Crippen molar-refractivity contribution in [3.8, 4) is 0 Å². The van der Waals surface area contributed by atoms with E-state index < -0.39 is 0 Å². The Morgan fingerprint density at radius 1 is 0.905 bits per heavy atom. The van der Waals surface area contributed by atoms with Crippen LogP contribution in [0.4, 0.5) is 11.4 Å². The molecule has 0 aromatic heterocycles. The lowest BCUT2D eigenvalue weighted by Crippen LogP contribution is -1.99. The highest BCUT2D eigenvalue weighted by Crippen LogP contribution is 2.22. The van der Waals surface area contributed by atoms with E-state index in [1.54, 1.807) is 0 Å². The molecule has 0 radical (unpaired) electrons. The van der Waals surface area contributed by atoms with Crippen LogP contribution < -0.4 is 0 Å². The first-order valence-electron chi connectivity index (χ1n) is 7.38. The van der Waals surface area contributed by atoms with Crippen molar-refractivity contribution in [2.75, 3.05) is 6.61 Å². The summed E-state index contributed by atoms with van der Waals surface area (Å²) in [6.07, 6.45) is 1.08. The lowest BCUT2D eigenvalue weighted by molar-refractivity contribution is 0.111. The summed E-state index contributed by atoms with van der Waals surface area (Å²) in [5.74, 6) is 0.665. The fourth-order valence-corrected chi connectivity index (χ4v) is 1.84. The van der Waals surface area contributed by atoms with E-state index >= 15 is 0 Å². The minimum atomic E-state index is 0.580. The molecule has 0 unspecified atom stereocenters. The average Bonchev–Trinajstić information content (AvgIpc) is 2.51. The summed E-state index contributed by atoms with van der Waals surface area (Å²) in [5, 5.41) is 8.60. The second-order valence-electron chi connectivity index (χ2n) is 5.40. The van der Waals surface area contributed by atoms with Crippen molar-refractivity contribution in [3.05, 3.63) is 60.2 Å². The third-order valence-corrected chi connectivity index (χ3v) is 3.12. The maximum Gasteiger partial charge on any atom is 0.0912 e. The number of nitrogens with zero attached hydrogens (tertiary/aromatic N) is 2. The van der Waals surface area contributed by atoms with Crippen LogP contribution in [0, 0.1) is 5.92 Å². The van der Waals surface area contributed by atoms with Crippen LogP contribution >= 0.6 is 0 Å². The first kappa shape index (κ1) is 15.4. The topological polar surface area (TPSA) is 34.0 Å². The van der Waals surface area contributed by atoms with E-state index in [4.69, 9.17) is 4.74 Å². The van der Waals surface area contributed by atoms with Crippen LogP contribution in [0.1, 0.15) is 25.8 Å². The Bertz CT molecular complexity index is 564. The average molecular weight is 282 g/mol. The van der Waals surface area contributed by atoms with Crippen molar-refractivity contribution in [3.63, 3.8) is 0 Å². The standard InChI is InChI=1S/C18H22N2O/c1-15(2)12-13-21-14-16-8-6-7-11-18(16)20-19-17-9-4-3-5-10-17/h3-11,15H,12-14H2,1-2H3. The number of azo groups is 1. The molecule has 0 aliphatic heterocycles. The predicted octanol–water partition coefficient (Wildman–Crippen LogP) is 5.66.